The van der Waals surface area contributed by atoms with Crippen LogP contribution < -0.4 is 0 Å². The maximum absolute atomic E-state index is 12.7. The van der Waals surface area contributed by atoms with E-state index in [4.69, 9.17) is 16.3 Å². The average Bonchev–Trinajstić information content (AvgIpc) is 2.47. The quantitative estimate of drug-likeness (QED) is 0.802. The van der Waals surface area contributed by atoms with Gasteiger partial charge in [0.2, 0.25) is 10.0 Å². The van der Waals surface area contributed by atoms with Crippen LogP contribution in [-0.2, 0) is 20.6 Å². The number of nitrogens with zero attached hydrogens (tertiary/aromatic N) is 1. The van der Waals surface area contributed by atoms with Crippen molar-refractivity contribution in [2.45, 2.75) is 36.6 Å². The van der Waals surface area contributed by atoms with E-state index in [-0.39, 0.29) is 6.10 Å². The molecule has 0 spiro atoms. The molecule has 1 unspecified atom stereocenters. The number of ether oxygens (including phenoxy) is 1. The van der Waals surface area contributed by atoms with Gasteiger partial charge in [-0.3, -0.25) is 0 Å². The highest BCUT2D eigenvalue weighted by atomic mass is 35.5. The predicted molar refractivity (Wildman–Crippen MR) is 79.5 cm³/mol. The second-order valence-electron chi connectivity index (χ2n) is 5.08. The van der Waals surface area contributed by atoms with Crippen LogP contribution in [0.3, 0.4) is 0 Å². The Bertz CT molecular complexity index is 574. The van der Waals surface area contributed by atoms with Crippen LogP contribution in [0.2, 0.25) is 0 Å². The lowest BCUT2D eigenvalue weighted by molar-refractivity contribution is 0.0572. The maximum Gasteiger partial charge on any atom is 0.243 e. The van der Waals surface area contributed by atoms with Crippen LogP contribution in [0, 0.1) is 6.92 Å². The number of aryl methyl sites for hydroxylation is 1. The van der Waals surface area contributed by atoms with Gasteiger partial charge in [-0.05, 0) is 43.0 Å². The number of methoxy groups -OCH3 is 1. The van der Waals surface area contributed by atoms with Crippen molar-refractivity contribution in [2.24, 2.45) is 0 Å². The highest BCUT2D eigenvalue weighted by Crippen LogP contribution is 2.24. The van der Waals surface area contributed by atoms with Crippen LogP contribution in [0.15, 0.2) is 23.1 Å². The van der Waals surface area contributed by atoms with E-state index in [1.807, 2.05) is 13.0 Å². The Labute approximate surface area is 125 Å². The van der Waals surface area contributed by atoms with E-state index in [0.717, 1.165) is 24.0 Å². The van der Waals surface area contributed by atoms with Gasteiger partial charge in [0.05, 0.1) is 11.0 Å². The van der Waals surface area contributed by atoms with Gasteiger partial charge in [-0.2, -0.15) is 4.31 Å². The minimum absolute atomic E-state index is 0.0172. The fourth-order valence-corrected chi connectivity index (χ4v) is 4.27. The molecule has 1 heterocycles. The van der Waals surface area contributed by atoms with Crippen LogP contribution >= 0.6 is 11.6 Å². The molecule has 1 aliphatic heterocycles. The smallest absolute Gasteiger partial charge is 0.243 e. The summed E-state index contributed by atoms with van der Waals surface area (Å²) in [6, 6.07) is 5.13. The van der Waals surface area contributed by atoms with Crippen LogP contribution in [0.1, 0.15) is 24.0 Å². The molecule has 2 rings (SSSR count). The Morgan fingerprint density at radius 3 is 2.85 bits per heavy atom. The van der Waals surface area contributed by atoms with Gasteiger partial charge >= 0.3 is 0 Å². The monoisotopic (exact) mass is 317 g/mol. The van der Waals surface area contributed by atoms with Crippen LogP contribution in [0.5, 0.6) is 0 Å². The van der Waals surface area contributed by atoms with E-state index in [1.165, 1.54) is 4.31 Å². The molecule has 1 aromatic rings. The molecule has 20 heavy (non-hydrogen) atoms. The molecule has 1 atom stereocenters. The molecule has 0 bridgehead atoms. The normalized spacial score (nSPS) is 21.1. The molecule has 1 saturated heterocycles. The number of hydrogen-bond acceptors (Lipinski definition) is 3. The average molecular weight is 318 g/mol. The fraction of sp³-hybridized carbons (Fsp3) is 0.571. The number of rotatable bonds is 4. The van der Waals surface area contributed by atoms with Gasteiger partial charge in [0.1, 0.15) is 0 Å². The second kappa shape index (κ2) is 6.43. The lowest BCUT2D eigenvalue weighted by Crippen LogP contribution is -2.42. The van der Waals surface area contributed by atoms with Crippen molar-refractivity contribution in [2.75, 3.05) is 20.2 Å². The second-order valence-corrected chi connectivity index (χ2v) is 7.29. The first-order valence-corrected chi connectivity index (χ1v) is 8.65. The standard InChI is InChI=1S/C14H20ClNO3S/c1-11-5-6-14(8-12(11)9-15)20(17,18)16-7-3-4-13(10-16)19-2/h5-6,8,13H,3-4,7,9-10H2,1-2H3. The highest BCUT2D eigenvalue weighted by Gasteiger charge is 2.30. The van der Waals surface area contributed by atoms with Crippen LogP contribution in [-0.4, -0.2) is 39.0 Å². The summed E-state index contributed by atoms with van der Waals surface area (Å²) >= 11 is 5.86. The van der Waals surface area contributed by atoms with E-state index in [1.54, 1.807) is 19.2 Å². The van der Waals surface area contributed by atoms with E-state index >= 15 is 0 Å². The lowest BCUT2D eigenvalue weighted by Gasteiger charge is -2.31. The third-order valence-electron chi connectivity index (χ3n) is 3.78. The molecule has 4 nitrogen and oxygen atoms in total. The molecule has 0 aliphatic carbocycles. The van der Waals surface area contributed by atoms with Gasteiger partial charge in [-0.15, -0.1) is 11.6 Å². The predicted octanol–water partition coefficient (Wildman–Crippen LogP) is 2.53. The van der Waals surface area contributed by atoms with Gasteiger partial charge < -0.3 is 4.74 Å². The summed E-state index contributed by atoms with van der Waals surface area (Å²) in [6.07, 6.45) is 1.71. The number of hydrogen-bond donors (Lipinski definition) is 0. The molecule has 6 heteroatoms. The van der Waals surface area contributed by atoms with E-state index in [0.29, 0.717) is 23.9 Å². The van der Waals surface area contributed by atoms with E-state index in [9.17, 15) is 8.42 Å². The Kier molecular flexibility index (Phi) is 5.07. The molecule has 0 saturated carbocycles. The summed E-state index contributed by atoms with van der Waals surface area (Å²) in [5, 5.41) is 0. The minimum atomic E-state index is -3.46. The first-order valence-electron chi connectivity index (χ1n) is 6.67. The van der Waals surface area contributed by atoms with Crippen molar-refractivity contribution in [1.29, 1.82) is 0 Å². The molecular weight excluding hydrogens is 298 g/mol. The van der Waals surface area contributed by atoms with Crippen LogP contribution in [0.4, 0.5) is 0 Å². The largest absolute Gasteiger partial charge is 0.380 e. The maximum atomic E-state index is 12.7. The van der Waals surface area contributed by atoms with Crippen LogP contribution in [0.25, 0.3) is 0 Å². The third-order valence-corrected chi connectivity index (χ3v) is 5.93. The first kappa shape index (κ1) is 15.8. The summed E-state index contributed by atoms with van der Waals surface area (Å²) in [5.74, 6) is 0.315. The summed E-state index contributed by atoms with van der Waals surface area (Å²) in [5.41, 5.74) is 1.86. The van der Waals surface area contributed by atoms with Crippen molar-refractivity contribution in [3.05, 3.63) is 29.3 Å². The SMILES string of the molecule is COC1CCCN(S(=O)(=O)c2ccc(C)c(CCl)c2)C1. The van der Waals surface area contributed by atoms with Gasteiger partial charge in [-0.25, -0.2) is 8.42 Å². The third kappa shape index (κ3) is 3.17. The number of benzene rings is 1. The molecule has 1 aliphatic rings. The van der Waals surface area contributed by atoms with E-state index < -0.39 is 10.0 Å². The van der Waals surface area contributed by atoms with Crippen molar-refractivity contribution in [1.82, 2.24) is 4.31 Å². The molecule has 0 aromatic heterocycles. The van der Waals surface area contributed by atoms with Gasteiger partial charge in [0, 0.05) is 26.1 Å². The molecule has 1 aromatic carbocycles. The lowest BCUT2D eigenvalue weighted by atomic mass is 10.1. The van der Waals surface area contributed by atoms with Gasteiger partial charge in [0.25, 0.3) is 0 Å². The first-order chi connectivity index (χ1) is 9.48. The molecular formula is C14H20ClNO3S. The molecule has 112 valence electrons. The number of alkyl halides is 1. The van der Waals surface area contributed by atoms with Crippen molar-refractivity contribution in [3.8, 4) is 0 Å². The zero-order valence-corrected chi connectivity index (χ0v) is 13.4. The Morgan fingerprint density at radius 1 is 1.45 bits per heavy atom. The Balaban J connectivity index is 2.30. The van der Waals surface area contributed by atoms with E-state index in [2.05, 4.69) is 0 Å². The molecule has 0 amide bonds. The Hall–Kier alpha value is -0.620. The number of piperidine rings is 1. The summed E-state index contributed by atoms with van der Waals surface area (Å²) in [4.78, 5) is 0.315. The molecule has 0 N–H and O–H groups in total. The van der Waals surface area contributed by atoms with Crippen molar-refractivity contribution in [3.63, 3.8) is 0 Å². The minimum Gasteiger partial charge on any atom is -0.380 e. The zero-order valence-electron chi connectivity index (χ0n) is 11.8. The van der Waals surface area contributed by atoms with Crippen molar-refractivity contribution >= 4 is 21.6 Å². The summed E-state index contributed by atoms with van der Waals surface area (Å²) in [7, 11) is -1.84. The molecule has 0 radical (unpaired) electrons. The summed E-state index contributed by atoms with van der Waals surface area (Å²) < 4.78 is 32.1. The topological polar surface area (TPSA) is 46.6 Å². The summed E-state index contributed by atoms with van der Waals surface area (Å²) in [6.45, 7) is 2.89. The van der Waals surface area contributed by atoms with Crippen molar-refractivity contribution < 1.29 is 13.2 Å². The fourth-order valence-electron chi connectivity index (χ4n) is 2.42. The number of sulfonamides is 1. The van der Waals surface area contributed by atoms with Gasteiger partial charge in [0.15, 0.2) is 0 Å². The number of halogens is 1. The highest BCUT2D eigenvalue weighted by molar-refractivity contribution is 7.89. The Morgan fingerprint density at radius 2 is 2.20 bits per heavy atom. The van der Waals surface area contributed by atoms with Gasteiger partial charge in [-0.1, -0.05) is 6.07 Å². The molecule has 1 fully saturated rings. The zero-order chi connectivity index (χ0) is 14.8.